The molecule has 0 spiro atoms. The summed E-state index contributed by atoms with van der Waals surface area (Å²) in [5.74, 6) is 0.315. The Balaban J connectivity index is 2.14. The zero-order valence-electron chi connectivity index (χ0n) is 9.89. The van der Waals surface area contributed by atoms with Gasteiger partial charge in [-0.25, -0.2) is 9.78 Å². The van der Waals surface area contributed by atoms with Crippen molar-refractivity contribution >= 4 is 44.5 Å². The number of nitrogens with one attached hydrogen (secondary N) is 1. The Morgan fingerprint density at radius 1 is 1.26 bits per heavy atom. The molecule has 96 valence electrons. The molecule has 0 atom stereocenters. The highest BCUT2D eigenvalue weighted by Crippen LogP contribution is 2.28. The monoisotopic (exact) mass is 319 g/mol. The van der Waals surface area contributed by atoms with E-state index in [4.69, 9.17) is 0 Å². The van der Waals surface area contributed by atoms with E-state index in [-0.39, 0.29) is 12.3 Å². The highest BCUT2D eigenvalue weighted by Gasteiger charge is 2.26. The van der Waals surface area contributed by atoms with Gasteiger partial charge in [-0.3, -0.25) is 15.0 Å². The van der Waals surface area contributed by atoms with Crippen molar-refractivity contribution in [3.8, 4) is 0 Å². The maximum absolute atomic E-state index is 11.9. The first-order valence-electron chi connectivity index (χ1n) is 5.82. The summed E-state index contributed by atoms with van der Waals surface area (Å²) < 4.78 is 0.658. The van der Waals surface area contributed by atoms with E-state index in [1.54, 1.807) is 0 Å². The van der Waals surface area contributed by atoms with Crippen molar-refractivity contribution in [2.75, 3.05) is 11.4 Å². The minimum Gasteiger partial charge on any atom is -0.278 e. The molecule has 1 aliphatic heterocycles. The molecule has 2 aromatic rings. The number of hydrogen-bond acceptors (Lipinski definition) is 3. The van der Waals surface area contributed by atoms with Crippen LogP contribution in [0.1, 0.15) is 6.42 Å². The molecule has 5 nitrogen and oxygen atoms in total. The Morgan fingerprint density at radius 3 is 2.84 bits per heavy atom. The second kappa shape index (κ2) is 4.62. The maximum Gasteiger partial charge on any atom is 0.329 e. The third-order valence-electron chi connectivity index (χ3n) is 3.00. The van der Waals surface area contributed by atoms with Gasteiger partial charge in [0.05, 0.1) is 0 Å². The normalized spacial score (nSPS) is 15.7. The van der Waals surface area contributed by atoms with Crippen molar-refractivity contribution < 1.29 is 9.59 Å². The maximum atomic E-state index is 11.9. The molecule has 2 heterocycles. The first-order chi connectivity index (χ1) is 9.15. The highest BCUT2D eigenvalue weighted by atomic mass is 79.9. The molecule has 19 heavy (non-hydrogen) atoms. The Morgan fingerprint density at radius 2 is 2.05 bits per heavy atom. The van der Waals surface area contributed by atoms with Crippen LogP contribution in [0.5, 0.6) is 0 Å². The van der Waals surface area contributed by atoms with E-state index in [0.717, 1.165) is 10.8 Å². The van der Waals surface area contributed by atoms with Gasteiger partial charge in [0.15, 0.2) is 0 Å². The number of carbonyl (C=O) groups is 2. The Hall–Kier alpha value is -1.95. The molecule has 0 saturated carbocycles. The van der Waals surface area contributed by atoms with E-state index < -0.39 is 6.03 Å². The minimum atomic E-state index is -0.424. The first-order valence-corrected chi connectivity index (χ1v) is 6.61. The van der Waals surface area contributed by atoms with Crippen LogP contribution in [0.2, 0.25) is 0 Å². The van der Waals surface area contributed by atoms with E-state index in [1.807, 2.05) is 30.3 Å². The molecule has 6 heteroatoms. The number of amides is 3. The summed E-state index contributed by atoms with van der Waals surface area (Å²) in [6.07, 6.45) is 0.286. The Labute approximate surface area is 117 Å². The van der Waals surface area contributed by atoms with E-state index in [0.29, 0.717) is 17.0 Å². The van der Waals surface area contributed by atoms with Crippen LogP contribution < -0.4 is 10.2 Å². The molecule has 1 aromatic carbocycles. The van der Waals surface area contributed by atoms with Crippen LogP contribution in [-0.2, 0) is 4.79 Å². The van der Waals surface area contributed by atoms with Gasteiger partial charge in [0.1, 0.15) is 10.4 Å². The molecule has 0 unspecified atom stereocenters. The van der Waals surface area contributed by atoms with Gasteiger partial charge in [0.2, 0.25) is 5.91 Å². The lowest BCUT2D eigenvalue weighted by Crippen LogP contribution is -2.50. The van der Waals surface area contributed by atoms with Crippen LogP contribution >= 0.6 is 15.9 Å². The second-order valence-electron chi connectivity index (χ2n) is 4.24. The number of carbonyl (C=O) groups excluding carboxylic acids is 2. The highest BCUT2D eigenvalue weighted by molar-refractivity contribution is 9.10. The lowest BCUT2D eigenvalue weighted by atomic mass is 10.1. The number of fused-ring (bicyclic) bond motifs is 1. The number of anilines is 1. The van der Waals surface area contributed by atoms with Crippen molar-refractivity contribution in [1.82, 2.24) is 10.3 Å². The van der Waals surface area contributed by atoms with Gasteiger partial charge in [-0.05, 0) is 27.4 Å². The van der Waals surface area contributed by atoms with Crippen molar-refractivity contribution in [3.05, 3.63) is 34.9 Å². The summed E-state index contributed by atoms with van der Waals surface area (Å²) >= 11 is 3.35. The third-order valence-corrected chi connectivity index (χ3v) is 3.40. The number of nitrogens with zero attached hydrogens (tertiary/aromatic N) is 2. The number of rotatable bonds is 1. The molecule has 0 radical (unpaired) electrons. The van der Waals surface area contributed by atoms with E-state index in [1.165, 1.54) is 4.90 Å². The summed E-state index contributed by atoms with van der Waals surface area (Å²) in [5.41, 5.74) is 0. The molecular weight excluding hydrogens is 310 g/mol. The van der Waals surface area contributed by atoms with Gasteiger partial charge >= 0.3 is 6.03 Å². The summed E-state index contributed by atoms with van der Waals surface area (Å²) in [6, 6.07) is 9.16. The predicted octanol–water partition coefficient (Wildman–Crippen LogP) is 2.44. The zero-order valence-corrected chi connectivity index (χ0v) is 11.5. The van der Waals surface area contributed by atoms with Crippen LogP contribution in [0, 0.1) is 0 Å². The average molecular weight is 320 g/mol. The lowest BCUT2D eigenvalue weighted by molar-refractivity contribution is -0.120. The van der Waals surface area contributed by atoms with Gasteiger partial charge in [0, 0.05) is 18.4 Å². The topological polar surface area (TPSA) is 62.3 Å². The quantitative estimate of drug-likeness (QED) is 0.821. The van der Waals surface area contributed by atoms with E-state index >= 15 is 0 Å². The van der Waals surface area contributed by atoms with E-state index in [9.17, 15) is 9.59 Å². The first kappa shape index (κ1) is 12.1. The third kappa shape index (κ3) is 2.19. The molecule has 3 rings (SSSR count). The number of urea groups is 1. The van der Waals surface area contributed by atoms with Crippen LogP contribution in [0.3, 0.4) is 0 Å². The summed E-state index contributed by atoms with van der Waals surface area (Å²) in [7, 11) is 0. The van der Waals surface area contributed by atoms with Crippen molar-refractivity contribution in [3.63, 3.8) is 0 Å². The van der Waals surface area contributed by atoms with E-state index in [2.05, 4.69) is 26.2 Å². The molecule has 1 aromatic heterocycles. The molecular formula is C13H10BrN3O2. The van der Waals surface area contributed by atoms with Crippen LogP contribution in [0.15, 0.2) is 34.9 Å². The number of hydrogen-bond donors (Lipinski definition) is 1. The summed E-state index contributed by atoms with van der Waals surface area (Å²) in [5, 5.41) is 4.18. The van der Waals surface area contributed by atoms with Gasteiger partial charge < -0.3 is 0 Å². The minimum absolute atomic E-state index is 0.249. The second-order valence-corrected chi connectivity index (χ2v) is 5.06. The van der Waals surface area contributed by atoms with Crippen molar-refractivity contribution in [2.45, 2.75) is 6.42 Å². The summed E-state index contributed by atoms with van der Waals surface area (Å²) in [4.78, 5) is 29.0. The molecule has 0 bridgehead atoms. The van der Waals surface area contributed by atoms with Gasteiger partial charge in [-0.1, -0.05) is 24.3 Å². The number of benzene rings is 1. The Bertz CT molecular complexity index is 687. The Kier molecular flexibility index (Phi) is 2.94. The fourth-order valence-electron chi connectivity index (χ4n) is 2.12. The number of aromatic nitrogens is 1. The number of halogens is 1. The number of pyridine rings is 1. The predicted molar refractivity (Wildman–Crippen MR) is 74.9 cm³/mol. The van der Waals surface area contributed by atoms with Crippen molar-refractivity contribution in [1.29, 1.82) is 0 Å². The van der Waals surface area contributed by atoms with Crippen LogP contribution in [0.4, 0.5) is 10.6 Å². The molecule has 1 aliphatic rings. The van der Waals surface area contributed by atoms with Gasteiger partial charge in [-0.2, -0.15) is 0 Å². The summed E-state index contributed by atoms with van der Waals surface area (Å²) in [6.45, 7) is 0.345. The lowest BCUT2D eigenvalue weighted by Gasteiger charge is -2.26. The SMILES string of the molecule is O=C1CCN(c2nc(Br)cc3ccccc23)C(=O)N1. The van der Waals surface area contributed by atoms with Gasteiger partial charge in [0.25, 0.3) is 0 Å². The molecule has 1 fully saturated rings. The largest absolute Gasteiger partial charge is 0.329 e. The molecule has 1 N–H and O–H groups in total. The van der Waals surface area contributed by atoms with Gasteiger partial charge in [-0.15, -0.1) is 0 Å². The molecule has 3 amide bonds. The number of imide groups is 1. The standard InChI is InChI=1S/C13H10BrN3O2/c14-10-7-8-3-1-2-4-9(8)12(15-10)17-6-5-11(18)16-13(17)19/h1-4,7H,5-6H2,(H,16,18,19). The molecule has 0 aliphatic carbocycles. The molecule has 1 saturated heterocycles. The fraction of sp³-hybridized carbons (Fsp3) is 0.154. The smallest absolute Gasteiger partial charge is 0.278 e. The van der Waals surface area contributed by atoms with Crippen LogP contribution in [0.25, 0.3) is 10.8 Å². The van der Waals surface area contributed by atoms with Crippen molar-refractivity contribution in [2.24, 2.45) is 0 Å². The fourth-order valence-corrected chi connectivity index (χ4v) is 2.54. The van der Waals surface area contributed by atoms with Crippen LogP contribution in [-0.4, -0.2) is 23.5 Å². The average Bonchev–Trinajstić information content (AvgIpc) is 2.38. The zero-order chi connectivity index (χ0) is 13.4.